The maximum Gasteiger partial charge on any atom is 0.236 e. The number of hydrogen-bond acceptors (Lipinski definition) is 4. The molecule has 5 heteroatoms. The number of rotatable bonds is 5. The molecule has 0 N–H and O–H groups in total. The van der Waals surface area contributed by atoms with Gasteiger partial charge in [0.25, 0.3) is 0 Å². The molecule has 2 atom stereocenters. The molecule has 2 aliphatic rings. The van der Waals surface area contributed by atoms with Crippen molar-refractivity contribution >= 4 is 5.91 Å². The molecule has 2 fully saturated rings. The van der Waals surface area contributed by atoms with Crippen LogP contribution in [-0.2, 0) is 4.79 Å². The number of hydrogen-bond donors (Lipinski definition) is 0. The largest absolute Gasteiger partial charge is 0.497 e. The molecule has 0 aliphatic carbocycles. The van der Waals surface area contributed by atoms with Crippen LogP contribution < -0.4 is 4.74 Å². The lowest BCUT2D eigenvalue weighted by Crippen LogP contribution is -2.52. The minimum atomic E-state index is 0.312. The maximum absolute atomic E-state index is 12.6. The van der Waals surface area contributed by atoms with Gasteiger partial charge in [0.05, 0.1) is 13.7 Å². The lowest BCUT2D eigenvalue weighted by Gasteiger charge is -2.40. The van der Waals surface area contributed by atoms with Gasteiger partial charge in [0.2, 0.25) is 5.91 Å². The smallest absolute Gasteiger partial charge is 0.236 e. The summed E-state index contributed by atoms with van der Waals surface area (Å²) >= 11 is 0. The van der Waals surface area contributed by atoms with E-state index in [2.05, 4.69) is 46.7 Å². The molecule has 5 nitrogen and oxygen atoms in total. The van der Waals surface area contributed by atoms with E-state index in [1.54, 1.807) is 7.11 Å². The molecule has 0 bridgehead atoms. The van der Waals surface area contributed by atoms with Crippen molar-refractivity contribution in [3.63, 3.8) is 0 Å². The molecule has 0 unspecified atom stereocenters. The Labute approximate surface area is 157 Å². The van der Waals surface area contributed by atoms with Gasteiger partial charge in [0.15, 0.2) is 0 Å². The third-order valence-electron chi connectivity index (χ3n) is 6.01. The Bertz CT molecular complexity index is 599. The number of benzene rings is 1. The van der Waals surface area contributed by atoms with Crippen molar-refractivity contribution in [2.24, 2.45) is 0 Å². The highest BCUT2D eigenvalue weighted by atomic mass is 16.5. The predicted molar refractivity (Wildman–Crippen MR) is 104 cm³/mol. The fourth-order valence-electron chi connectivity index (χ4n) is 4.17. The molecule has 1 amide bonds. The molecule has 144 valence electrons. The number of methoxy groups -OCH3 is 1. The van der Waals surface area contributed by atoms with E-state index >= 15 is 0 Å². The normalized spacial score (nSPS) is 23.7. The van der Waals surface area contributed by atoms with E-state index < -0.39 is 0 Å². The Morgan fingerprint density at radius 2 is 1.96 bits per heavy atom. The van der Waals surface area contributed by atoms with Crippen LogP contribution in [0.2, 0.25) is 0 Å². The minimum absolute atomic E-state index is 0.312. The topological polar surface area (TPSA) is 36.0 Å². The van der Waals surface area contributed by atoms with Gasteiger partial charge in [-0.05, 0) is 50.8 Å². The Kier molecular flexibility index (Phi) is 6.54. The van der Waals surface area contributed by atoms with Crippen molar-refractivity contribution in [3.8, 4) is 5.75 Å². The first-order valence-corrected chi connectivity index (χ1v) is 9.98. The summed E-state index contributed by atoms with van der Waals surface area (Å²) in [7, 11) is 1.71. The summed E-state index contributed by atoms with van der Waals surface area (Å²) in [5, 5.41) is 0. The summed E-state index contributed by atoms with van der Waals surface area (Å²) in [6, 6.07) is 9.11. The lowest BCUT2D eigenvalue weighted by atomic mass is 10.0. The maximum atomic E-state index is 12.6. The first-order chi connectivity index (χ1) is 12.6. The Morgan fingerprint density at radius 1 is 1.19 bits per heavy atom. The molecule has 2 saturated heterocycles. The van der Waals surface area contributed by atoms with Crippen molar-refractivity contribution in [1.29, 1.82) is 0 Å². The lowest BCUT2D eigenvalue weighted by molar-refractivity contribution is -0.136. The number of amides is 1. The van der Waals surface area contributed by atoms with Crippen LogP contribution in [0.4, 0.5) is 0 Å². The standard InChI is InChI=1S/C21H33N3O2/c1-17-7-4-5-10-24(17)21(25)16-22-11-13-23(14-12-22)18(2)19-8-6-9-20(15-19)26-3/h6,8-9,15,17-18H,4-5,7,10-14,16H2,1-3H3/t17-,18+/m0/s1. The van der Waals surface area contributed by atoms with Gasteiger partial charge in [-0.2, -0.15) is 0 Å². The predicted octanol–water partition coefficient (Wildman–Crippen LogP) is 2.77. The first kappa shape index (κ1) is 19.2. The molecule has 0 spiro atoms. The van der Waals surface area contributed by atoms with Gasteiger partial charge >= 0.3 is 0 Å². The summed E-state index contributed by atoms with van der Waals surface area (Å²) in [4.78, 5) is 19.6. The third kappa shape index (κ3) is 4.57. The van der Waals surface area contributed by atoms with Gasteiger partial charge in [0, 0.05) is 44.8 Å². The van der Waals surface area contributed by atoms with Gasteiger partial charge in [-0.15, -0.1) is 0 Å². The van der Waals surface area contributed by atoms with Crippen LogP contribution in [0.15, 0.2) is 24.3 Å². The zero-order valence-electron chi connectivity index (χ0n) is 16.5. The fourth-order valence-corrected chi connectivity index (χ4v) is 4.17. The molecule has 0 aromatic heterocycles. The van der Waals surface area contributed by atoms with Crippen molar-refractivity contribution in [2.45, 2.75) is 45.2 Å². The SMILES string of the molecule is COc1cccc([C@@H](C)N2CCN(CC(=O)N3CCCC[C@@H]3C)CC2)c1. The van der Waals surface area contributed by atoms with Gasteiger partial charge in [0.1, 0.15) is 5.75 Å². The fraction of sp³-hybridized carbons (Fsp3) is 0.667. The van der Waals surface area contributed by atoms with Crippen LogP contribution in [0.3, 0.4) is 0 Å². The summed E-state index contributed by atoms with van der Waals surface area (Å²) < 4.78 is 5.35. The molecular formula is C21H33N3O2. The Balaban J connectivity index is 1.49. The molecular weight excluding hydrogens is 326 g/mol. The van der Waals surface area contributed by atoms with Crippen molar-refractivity contribution in [3.05, 3.63) is 29.8 Å². The van der Waals surface area contributed by atoms with E-state index in [0.29, 0.717) is 24.5 Å². The van der Waals surface area contributed by atoms with Crippen LogP contribution in [-0.4, -0.2) is 73.0 Å². The first-order valence-electron chi connectivity index (χ1n) is 9.98. The molecule has 0 radical (unpaired) electrons. The van der Waals surface area contributed by atoms with Crippen molar-refractivity contribution in [1.82, 2.24) is 14.7 Å². The summed E-state index contributed by atoms with van der Waals surface area (Å²) in [6.07, 6.45) is 3.56. The van der Waals surface area contributed by atoms with Crippen molar-refractivity contribution in [2.75, 3.05) is 46.4 Å². The quantitative estimate of drug-likeness (QED) is 0.810. The molecule has 26 heavy (non-hydrogen) atoms. The average molecular weight is 360 g/mol. The van der Waals surface area contributed by atoms with E-state index in [4.69, 9.17) is 4.74 Å². The second-order valence-corrected chi connectivity index (χ2v) is 7.70. The number of ether oxygens (including phenoxy) is 1. The number of piperazine rings is 1. The summed E-state index contributed by atoms with van der Waals surface area (Å²) in [5.74, 6) is 1.22. The third-order valence-corrected chi connectivity index (χ3v) is 6.01. The van der Waals surface area contributed by atoms with Crippen LogP contribution >= 0.6 is 0 Å². The summed E-state index contributed by atoms with van der Waals surface area (Å²) in [6.45, 7) is 9.88. The van der Waals surface area contributed by atoms with E-state index in [1.165, 1.54) is 12.0 Å². The highest BCUT2D eigenvalue weighted by Crippen LogP contribution is 2.25. The van der Waals surface area contributed by atoms with E-state index in [-0.39, 0.29) is 0 Å². The Hall–Kier alpha value is -1.59. The number of carbonyl (C=O) groups excluding carboxylic acids is 1. The van der Waals surface area contributed by atoms with Gasteiger partial charge < -0.3 is 9.64 Å². The number of likely N-dealkylation sites (tertiary alicyclic amines) is 1. The van der Waals surface area contributed by atoms with Crippen LogP contribution in [0.1, 0.15) is 44.7 Å². The molecule has 3 rings (SSSR count). The Morgan fingerprint density at radius 3 is 2.65 bits per heavy atom. The van der Waals surface area contributed by atoms with Gasteiger partial charge in [-0.1, -0.05) is 12.1 Å². The second-order valence-electron chi connectivity index (χ2n) is 7.70. The summed E-state index contributed by atoms with van der Waals surface area (Å²) in [5.41, 5.74) is 1.29. The van der Waals surface area contributed by atoms with E-state index in [1.807, 2.05) is 6.07 Å². The molecule has 0 saturated carbocycles. The number of piperidine rings is 1. The molecule has 1 aromatic rings. The highest BCUT2D eigenvalue weighted by Gasteiger charge is 2.27. The average Bonchev–Trinajstić information content (AvgIpc) is 2.68. The van der Waals surface area contributed by atoms with E-state index in [9.17, 15) is 4.79 Å². The second kappa shape index (κ2) is 8.87. The zero-order valence-corrected chi connectivity index (χ0v) is 16.5. The van der Waals surface area contributed by atoms with Crippen LogP contribution in [0.5, 0.6) is 5.75 Å². The number of nitrogens with zero attached hydrogens (tertiary/aromatic N) is 3. The molecule has 2 heterocycles. The number of carbonyl (C=O) groups is 1. The minimum Gasteiger partial charge on any atom is -0.497 e. The monoisotopic (exact) mass is 359 g/mol. The molecule has 2 aliphatic heterocycles. The van der Waals surface area contributed by atoms with Gasteiger partial charge in [-0.25, -0.2) is 0 Å². The zero-order chi connectivity index (χ0) is 18.5. The van der Waals surface area contributed by atoms with Crippen LogP contribution in [0.25, 0.3) is 0 Å². The van der Waals surface area contributed by atoms with Crippen LogP contribution in [0, 0.1) is 0 Å². The van der Waals surface area contributed by atoms with Crippen molar-refractivity contribution < 1.29 is 9.53 Å². The molecule has 1 aromatic carbocycles. The van der Waals surface area contributed by atoms with E-state index in [0.717, 1.165) is 51.3 Å². The highest BCUT2D eigenvalue weighted by molar-refractivity contribution is 5.78. The van der Waals surface area contributed by atoms with Gasteiger partial charge in [-0.3, -0.25) is 14.6 Å².